The van der Waals surface area contributed by atoms with E-state index in [9.17, 15) is 9.90 Å². The van der Waals surface area contributed by atoms with Crippen LogP contribution in [0.25, 0.3) is 0 Å². The molecule has 0 aliphatic carbocycles. The molecular formula is C20H32O4. The summed E-state index contributed by atoms with van der Waals surface area (Å²) in [5, 5.41) is 19.4. The maximum atomic E-state index is 11.5. The van der Waals surface area contributed by atoms with Gasteiger partial charge in [-0.15, -0.1) is 0 Å². The van der Waals surface area contributed by atoms with Gasteiger partial charge in [0.05, 0.1) is 6.61 Å². The number of carbonyl (C=O) groups excluding carboxylic acids is 1. The molecule has 0 atom stereocenters. The number of hydrogen-bond acceptors (Lipinski definition) is 4. The predicted molar refractivity (Wildman–Crippen MR) is 96.5 cm³/mol. The molecule has 0 saturated heterocycles. The molecule has 0 bridgehead atoms. The zero-order chi connectivity index (χ0) is 18.5. The topological polar surface area (TPSA) is 66.8 Å². The van der Waals surface area contributed by atoms with Crippen LogP contribution in [0, 0.1) is 0 Å². The van der Waals surface area contributed by atoms with Gasteiger partial charge in [0.15, 0.2) is 0 Å². The number of ether oxygens (including phenoxy) is 1. The summed E-state index contributed by atoms with van der Waals surface area (Å²) < 4.78 is 4.88. The third kappa shape index (κ3) is 5.82. The van der Waals surface area contributed by atoms with Crippen molar-refractivity contribution in [3.63, 3.8) is 0 Å². The number of aliphatic hydroxyl groups is 1. The van der Waals surface area contributed by atoms with E-state index in [1.165, 1.54) is 0 Å². The largest absolute Gasteiger partial charge is 0.507 e. The Bertz CT molecular complexity index is 527. The van der Waals surface area contributed by atoms with Crippen molar-refractivity contribution < 1.29 is 19.7 Å². The van der Waals surface area contributed by atoms with E-state index < -0.39 is 0 Å². The van der Waals surface area contributed by atoms with Gasteiger partial charge < -0.3 is 14.9 Å². The first-order chi connectivity index (χ1) is 11.0. The highest BCUT2D eigenvalue weighted by Crippen LogP contribution is 2.40. The second-order valence-electron chi connectivity index (χ2n) is 8.34. The summed E-state index contributed by atoms with van der Waals surface area (Å²) in [4.78, 5) is 11.5. The monoisotopic (exact) mass is 336 g/mol. The number of carbonyl (C=O) groups is 1. The highest BCUT2D eigenvalue weighted by Gasteiger charge is 2.26. The van der Waals surface area contributed by atoms with Crippen molar-refractivity contribution in [3.05, 3.63) is 28.8 Å². The molecule has 0 radical (unpaired) electrons. The molecule has 0 unspecified atom stereocenters. The van der Waals surface area contributed by atoms with Crippen molar-refractivity contribution in [2.24, 2.45) is 0 Å². The fraction of sp³-hybridized carbons (Fsp3) is 0.650. The Morgan fingerprint density at radius 2 is 1.54 bits per heavy atom. The maximum absolute atomic E-state index is 11.5. The Balaban J connectivity index is 2.97. The zero-order valence-electron chi connectivity index (χ0n) is 15.9. The minimum atomic E-state index is -0.282. The van der Waals surface area contributed by atoms with E-state index in [2.05, 4.69) is 41.5 Å². The number of aromatic hydroxyl groups is 1. The summed E-state index contributed by atoms with van der Waals surface area (Å²) in [6, 6.07) is 4.09. The van der Waals surface area contributed by atoms with Gasteiger partial charge in [-0.05, 0) is 40.4 Å². The van der Waals surface area contributed by atoms with Crippen LogP contribution in [0.1, 0.15) is 71.1 Å². The van der Waals surface area contributed by atoms with Crippen LogP contribution in [0.3, 0.4) is 0 Å². The number of aryl methyl sites for hydroxylation is 1. The quantitative estimate of drug-likeness (QED) is 0.775. The first-order valence-electron chi connectivity index (χ1n) is 8.60. The molecule has 0 spiro atoms. The maximum Gasteiger partial charge on any atom is 0.305 e. The number of phenols is 1. The van der Waals surface area contributed by atoms with Gasteiger partial charge in [-0.25, -0.2) is 0 Å². The molecule has 0 aliphatic rings. The SMILES string of the molecule is CC(C)(C)c1cc(CCCC(=O)OCCO)cc(C(C)(C)C)c1O. The molecule has 24 heavy (non-hydrogen) atoms. The van der Waals surface area contributed by atoms with Gasteiger partial charge in [-0.3, -0.25) is 4.79 Å². The van der Waals surface area contributed by atoms with E-state index in [0.29, 0.717) is 18.6 Å². The van der Waals surface area contributed by atoms with Gasteiger partial charge in [0.2, 0.25) is 0 Å². The summed E-state index contributed by atoms with van der Waals surface area (Å²) in [5.74, 6) is 0.0935. The van der Waals surface area contributed by atoms with Crippen molar-refractivity contribution in [1.82, 2.24) is 0 Å². The number of aliphatic hydroxyl groups excluding tert-OH is 1. The first-order valence-corrected chi connectivity index (χ1v) is 8.60. The average molecular weight is 336 g/mol. The van der Waals surface area contributed by atoms with Crippen LogP contribution in [0.5, 0.6) is 5.75 Å². The fourth-order valence-electron chi connectivity index (χ4n) is 2.65. The number of esters is 1. The minimum Gasteiger partial charge on any atom is -0.507 e. The Morgan fingerprint density at radius 3 is 1.96 bits per heavy atom. The van der Waals surface area contributed by atoms with Crippen molar-refractivity contribution in [2.75, 3.05) is 13.2 Å². The summed E-state index contributed by atoms with van der Waals surface area (Å²) in [6.07, 6.45) is 1.76. The number of phenolic OH excluding ortho intramolecular Hbond substituents is 1. The third-order valence-corrected chi connectivity index (χ3v) is 3.99. The molecular weight excluding hydrogens is 304 g/mol. The van der Waals surface area contributed by atoms with Gasteiger partial charge in [0.25, 0.3) is 0 Å². The van der Waals surface area contributed by atoms with E-state index in [1.54, 1.807) is 0 Å². The Hall–Kier alpha value is -1.55. The number of hydrogen-bond donors (Lipinski definition) is 2. The molecule has 1 rings (SSSR count). The third-order valence-electron chi connectivity index (χ3n) is 3.99. The lowest BCUT2D eigenvalue weighted by atomic mass is 9.78. The van der Waals surface area contributed by atoms with Crippen LogP contribution in [0.2, 0.25) is 0 Å². The molecule has 0 heterocycles. The number of benzene rings is 1. The van der Waals surface area contributed by atoms with Gasteiger partial charge in [0, 0.05) is 6.42 Å². The molecule has 2 N–H and O–H groups in total. The molecule has 0 aromatic heterocycles. The molecule has 0 saturated carbocycles. The van der Waals surface area contributed by atoms with Crippen LogP contribution in [0.15, 0.2) is 12.1 Å². The Morgan fingerprint density at radius 1 is 1.04 bits per heavy atom. The first kappa shape index (κ1) is 20.5. The van der Waals surface area contributed by atoms with E-state index in [0.717, 1.165) is 23.1 Å². The van der Waals surface area contributed by atoms with E-state index in [1.807, 2.05) is 12.1 Å². The van der Waals surface area contributed by atoms with Crippen LogP contribution in [0.4, 0.5) is 0 Å². The summed E-state index contributed by atoms with van der Waals surface area (Å²) in [7, 11) is 0. The van der Waals surface area contributed by atoms with Gasteiger partial charge in [-0.2, -0.15) is 0 Å². The lowest BCUT2D eigenvalue weighted by Crippen LogP contribution is -2.18. The molecule has 0 amide bonds. The molecule has 1 aromatic carbocycles. The van der Waals surface area contributed by atoms with Crippen LogP contribution < -0.4 is 0 Å². The molecule has 4 nitrogen and oxygen atoms in total. The smallest absolute Gasteiger partial charge is 0.305 e. The molecule has 1 aromatic rings. The van der Waals surface area contributed by atoms with E-state index in [-0.39, 0.29) is 30.0 Å². The fourth-order valence-corrected chi connectivity index (χ4v) is 2.65. The van der Waals surface area contributed by atoms with Crippen molar-refractivity contribution in [3.8, 4) is 5.75 Å². The summed E-state index contributed by atoms with van der Waals surface area (Å²) in [5.41, 5.74) is 2.69. The van der Waals surface area contributed by atoms with E-state index >= 15 is 0 Å². The summed E-state index contributed by atoms with van der Waals surface area (Å²) in [6.45, 7) is 12.4. The second kappa shape index (κ2) is 8.02. The highest BCUT2D eigenvalue weighted by molar-refractivity contribution is 5.69. The molecule has 0 fully saturated rings. The second-order valence-corrected chi connectivity index (χ2v) is 8.34. The zero-order valence-corrected chi connectivity index (χ0v) is 15.9. The van der Waals surface area contributed by atoms with Gasteiger partial charge in [-0.1, -0.05) is 53.7 Å². The lowest BCUT2D eigenvalue weighted by molar-refractivity contribution is -0.144. The van der Waals surface area contributed by atoms with Crippen molar-refractivity contribution in [1.29, 1.82) is 0 Å². The van der Waals surface area contributed by atoms with Crippen molar-refractivity contribution in [2.45, 2.75) is 71.6 Å². The average Bonchev–Trinajstić information content (AvgIpc) is 2.44. The predicted octanol–water partition coefficient (Wildman–Crippen LogP) is 3.85. The van der Waals surface area contributed by atoms with E-state index in [4.69, 9.17) is 9.84 Å². The molecule has 136 valence electrons. The van der Waals surface area contributed by atoms with Crippen LogP contribution >= 0.6 is 0 Å². The molecule has 4 heteroatoms. The summed E-state index contributed by atoms with van der Waals surface area (Å²) >= 11 is 0. The highest BCUT2D eigenvalue weighted by atomic mass is 16.5. The van der Waals surface area contributed by atoms with Gasteiger partial charge >= 0.3 is 5.97 Å². The Kier molecular flexibility index (Phi) is 6.85. The van der Waals surface area contributed by atoms with Crippen molar-refractivity contribution >= 4 is 5.97 Å². The Labute approximate surface area is 145 Å². The van der Waals surface area contributed by atoms with Gasteiger partial charge in [0.1, 0.15) is 12.4 Å². The normalized spacial score (nSPS) is 12.3. The van der Waals surface area contributed by atoms with Crippen LogP contribution in [-0.4, -0.2) is 29.4 Å². The van der Waals surface area contributed by atoms with Crippen LogP contribution in [-0.2, 0) is 26.8 Å². The minimum absolute atomic E-state index is 0.0559. The lowest BCUT2D eigenvalue weighted by Gasteiger charge is -2.28. The standard InChI is InChI=1S/C20H32O4/c1-19(2,3)15-12-14(8-7-9-17(22)24-11-10-21)13-16(18(15)23)20(4,5)6/h12-13,21,23H,7-11H2,1-6H3. The number of rotatable bonds is 6. The molecule has 0 aliphatic heterocycles.